The molecular weight excluding hydrogens is 266 g/mol. The van der Waals surface area contributed by atoms with Crippen molar-refractivity contribution in [1.82, 2.24) is 5.32 Å². The molecule has 1 atom stereocenters. The van der Waals surface area contributed by atoms with E-state index in [9.17, 15) is 20.2 Å². The minimum atomic E-state index is -0.639. The van der Waals surface area contributed by atoms with Crippen LogP contribution in [0.3, 0.4) is 0 Å². The molecule has 1 aromatic carbocycles. The highest BCUT2D eigenvalue weighted by Crippen LogP contribution is 2.24. The van der Waals surface area contributed by atoms with Gasteiger partial charge in [0.25, 0.3) is 11.4 Å². The molecule has 20 heavy (non-hydrogen) atoms. The van der Waals surface area contributed by atoms with E-state index in [4.69, 9.17) is 4.74 Å². The van der Waals surface area contributed by atoms with E-state index in [0.717, 1.165) is 19.1 Å². The zero-order valence-corrected chi connectivity index (χ0v) is 10.8. The van der Waals surface area contributed by atoms with Crippen LogP contribution in [0.1, 0.15) is 12.0 Å². The van der Waals surface area contributed by atoms with Crippen LogP contribution in [-0.2, 0) is 11.3 Å². The number of nitrogens with zero attached hydrogens (tertiary/aromatic N) is 2. The van der Waals surface area contributed by atoms with Crippen LogP contribution < -0.4 is 5.32 Å². The zero-order valence-electron chi connectivity index (χ0n) is 10.8. The summed E-state index contributed by atoms with van der Waals surface area (Å²) in [4.78, 5) is 20.3. The lowest BCUT2D eigenvalue weighted by atomic mass is 10.1. The third-order valence-electron chi connectivity index (χ3n) is 3.25. The number of rotatable bonds is 6. The molecule has 1 heterocycles. The normalized spacial score (nSPS) is 18.1. The predicted octanol–water partition coefficient (Wildman–Crippen LogP) is 1.63. The number of ether oxygens (including phenoxy) is 1. The first-order chi connectivity index (χ1) is 9.58. The van der Waals surface area contributed by atoms with Crippen LogP contribution in [0.5, 0.6) is 0 Å². The molecule has 0 spiro atoms. The number of non-ortho nitro benzene ring substituents is 1. The second-order valence-corrected chi connectivity index (χ2v) is 4.69. The maximum atomic E-state index is 11.0. The van der Waals surface area contributed by atoms with Gasteiger partial charge in [-0.2, -0.15) is 0 Å². The van der Waals surface area contributed by atoms with Gasteiger partial charge in [-0.3, -0.25) is 20.2 Å². The molecule has 0 amide bonds. The van der Waals surface area contributed by atoms with Crippen LogP contribution in [0.4, 0.5) is 11.4 Å². The molecule has 2 rings (SSSR count). The van der Waals surface area contributed by atoms with Crippen molar-refractivity contribution < 1.29 is 14.6 Å². The predicted molar refractivity (Wildman–Crippen MR) is 70.4 cm³/mol. The van der Waals surface area contributed by atoms with Crippen molar-refractivity contribution in [1.29, 1.82) is 0 Å². The van der Waals surface area contributed by atoms with Crippen molar-refractivity contribution in [3.05, 3.63) is 44.0 Å². The SMILES string of the molecule is O=[N+]([O-])c1ccc(CNCC2CCOC2)c([N+](=O)[O-])c1. The molecule has 0 radical (unpaired) electrons. The molecule has 0 saturated carbocycles. The summed E-state index contributed by atoms with van der Waals surface area (Å²) in [6.45, 7) is 2.48. The van der Waals surface area contributed by atoms with Gasteiger partial charge in [0.05, 0.1) is 22.5 Å². The van der Waals surface area contributed by atoms with E-state index in [-0.39, 0.29) is 11.4 Å². The number of hydrogen-bond donors (Lipinski definition) is 1. The quantitative estimate of drug-likeness (QED) is 0.627. The van der Waals surface area contributed by atoms with Gasteiger partial charge >= 0.3 is 0 Å². The fourth-order valence-electron chi connectivity index (χ4n) is 2.14. The highest BCUT2D eigenvalue weighted by molar-refractivity contribution is 5.49. The summed E-state index contributed by atoms with van der Waals surface area (Å²) in [5.41, 5.74) is -0.0569. The van der Waals surface area contributed by atoms with E-state index < -0.39 is 9.85 Å². The standard InChI is InChI=1S/C12H15N3O5/c16-14(17)11-2-1-10(12(5-11)15(18)19)7-13-6-9-3-4-20-8-9/h1-2,5,9,13H,3-4,6-8H2. The Balaban J connectivity index is 2.02. The molecule has 1 aliphatic rings. The van der Waals surface area contributed by atoms with Crippen molar-refractivity contribution in [3.63, 3.8) is 0 Å². The second kappa shape index (κ2) is 6.40. The molecule has 8 nitrogen and oxygen atoms in total. The monoisotopic (exact) mass is 281 g/mol. The Hall–Kier alpha value is -2.06. The molecule has 8 heteroatoms. The molecule has 0 bridgehead atoms. The van der Waals surface area contributed by atoms with Crippen molar-refractivity contribution >= 4 is 11.4 Å². The summed E-state index contributed by atoms with van der Waals surface area (Å²) < 4.78 is 5.24. The van der Waals surface area contributed by atoms with Gasteiger partial charge in [0.1, 0.15) is 0 Å². The Morgan fingerprint density at radius 2 is 2.10 bits per heavy atom. The Kier molecular flexibility index (Phi) is 4.59. The number of benzene rings is 1. The number of hydrogen-bond acceptors (Lipinski definition) is 6. The van der Waals surface area contributed by atoms with Crippen LogP contribution in [0.25, 0.3) is 0 Å². The summed E-state index contributed by atoms with van der Waals surface area (Å²) in [5, 5.41) is 24.7. The minimum Gasteiger partial charge on any atom is -0.381 e. The molecule has 1 N–H and O–H groups in total. The average molecular weight is 281 g/mol. The van der Waals surface area contributed by atoms with Gasteiger partial charge in [0.15, 0.2) is 0 Å². The molecule has 1 aliphatic heterocycles. The van der Waals surface area contributed by atoms with Crippen LogP contribution in [0, 0.1) is 26.1 Å². The average Bonchev–Trinajstić information content (AvgIpc) is 2.91. The van der Waals surface area contributed by atoms with Crippen molar-refractivity contribution in [2.75, 3.05) is 19.8 Å². The van der Waals surface area contributed by atoms with Gasteiger partial charge in [-0.25, -0.2) is 0 Å². The Morgan fingerprint density at radius 1 is 1.30 bits per heavy atom. The first-order valence-electron chi connectivity index (χ1n) is 6.28. The van der Waals surface area contributed by atoms with E-state index >= 15 is 0 Å². The van der Waals surface area contributed by atoms with Gasteiger partial charge < -0.3 is 10.1 Å². The number of nitrogens with one attached hydrogen (secondary N) is 1. The molecule has 1 fully saturated rings. The largest absolute Gasteiger partial charge is 0.381 e. The van der Waals surface area contributed by atoms with E-state index in [1.165, 1.54) is 12.1 Å². The molecule has 0 aromatic heterocycles. The molecule has 1 unspecified atom stereocenters. The van der Waals surface area contributed by atoms with Crippen molar-refractivity contribution in [2.45, 2.75) is 13.0 Å². The van der Waals surface area contributed by atoms with Crippen LogP contribution in [0.15, 0.2) is 18.2 Å². The van der Waals surface area contributed by atoms with Gasteiger partial charge in [0, 0.05) is 31.3 Å². The van der Waals surface area contributed by atoms with E-state index in [1.807, 2.05) is 0 Å². The summed E-state index contributed by atoms with van der Waals surface area (Å²) in [6.07, 6.45) is 0.982. The van der Waals surface area contributed by atoms with Gasteiger partial charge in [0.2, 0.25) is 0 Å². The van der Waals surface area contributed by atoms with Crippen LogP contribution in [-0.4, -0.2) is 29.6 Å². The third kappa shape index (κ3) is 3.49. The van der Waals surface area contributed by atoms with Gasteiger partial charge in [-0.15, -0.1) is 0 Å². The maximum Gasteiger partial charge on any atom is 0.280 e. The zero-order chi connectivity index (χ0) is 14.5. The molecule has 1 saturated heterocycles. The summed E-state index contributed by atoms with van der Waals surface area (Å²) in [5.74, 6) is 0.423. The highest BCUT2D eigenvalue weighted by Gasteiger charge is 2.20. The smallest absolute Gasteiger partial charge is 0.280 e. The van der Waals surface area contributed by atoms with Crippen molar-refractivity contribution in [2.24, 2.45) is 5.92 Å². The van der Waals surface area contributed by atoms with Crippen LogP contribution >= 0.6 is 0 Å². The fraction of sp³-hybridized carbons (Fsp3) is 0.500. The summed E-state index contributed by atoms with van der Waals surface area (Å²) >= 11 is 0. The minimum absolute atomic E-state index is 0.227. The maximum absolute atomic E-state index is 11.0. The summed E-state index contributed by atoms with van der Waals surface area (Å²) in [7, 11) is 0. The molecular formula is C12H15N3O5. The highest BCUT2D eigenvalue weighted by atomic mass is 16.6. The lowest BCUT2D eigenvalue weighted by Gasteiger charge is -2.09. The van der Waals surface area contributed by atoms with E-state index in [1.54, 1.807) is 0 Å². The summed E-state index contributed by atoms with van der Waals surface area (Å²) in [6, 6.07) is 3.70. The second-order valence-electron chi connectivity index (χ2n) is 4.69. The Bertz CT molecular complexity index is 514. The fourth-order valence-corrected chi connectivity index (χ4v) is 2.14. The van der Waals surface area contributed by atoms with Gasteiger partial charge in [-0.05, 0) is 18.4 Å². The van der Waals surface area contributed by atoms with Gasteiger partial charge in [-0.1, -0.05) is 0 Å². The first-order valence-corrected chi connectivity index (χ1v) is 6.28. The van der Waals surface area contributed by atoms with Crippen LogP contribution in [0.2, 0.25) is 0 Å². The Labute approximate surface area is 115 Å². The lowest BCUT2D eigenvalue weighted by molar-refractivity contribution is -0.394. The van der Waals surface area contributed by atoms with E-state index in [2.05, 4.69) is 5.32 Å². The lowest BCUT2D eigenvalue weighted by Crippen LogP contribution is -2.23. The molecule has 1 aromatic rings. The first kappa shape index (κ1) is 14.4. The topological polar surface area (TPSA) is 108 Å². The van der Waals surface area contributed by atoms with E-state index in [0.29, 0.717) is 31.2 Å². The van der Waals surface area contributed by atoms with Crippen molar-refractivity contribution in [3.8, 4) is 0 Å². The molecule has 108 valence electrons. The molecule has 0 aliphatic carbocycles. The number of nitro groups is 2. The third-order valence-corrected chi connectivity index (χ3v) is 3.25. The Morgan fingerprint density at radius 3 is 2.70 bits per heavy atom. The number of nitro benzene ring substituents is 2.